The van der Waals surface area contributed by atoms with Crippen molar-refractivity contribution in [3.05, 3.63) is 60.7 Å². The number of para-hydroxylation sites is 1. The van der Waals surface area contributed by atoms with Gasteiger partial charge in [-0.3, -0.25) is 9.36 Å². The molecule has 0 bridgehead atoms. The third-order valence-electron chi connectivity index (χ3n) is 4.17. The van der Waals surface area contributed by atoms with Crippen LogP contribution >= 0.6 is 11.8 Å². The lowest BCUT2D eigenvalue weighted by atomic mass is 10.2. The van der Waals surface area contributed by atoms with Gasteiger partial charge in [-0.15, -0.1) is 10.2 Å². The van der Waals surface area contributed by atoms with Crippen LogP contribution in [0.3, 0.4) is 0 Å². The number of hydrogen-bond acceptors (Lipinski definition) is 4. The molecule has 1 atom stereocenters. The van der Waals surface area contributed by atoms with Gasteiger partial charge in [0.2, 0.25) is 5.91 Å². The minimum absolute atomic E-state index is 0.0201. The molecule has 0 aliphatic heterocycles. The lowest BCUT2D eigenvalue weighted by molar-refractivity contribution is -0.115. The van der Waals surface area contributed by atoms with Crippen molar-refractivity contribution in [1.29, 1.82) is 0 Å². The van der Waals surface area contributed by atoms with Crippen LogP contribution in [0, 0.1) is 0 Å². The molecule has 0 aliphatic rings. The molecule has 0 fully saturated rings. The van der Waals surface area contributed by atoms with Crippen LogP contribution in [0.25, 0.3) is 11.4 Å². The number of hydrogen-bond donors (Lipinski definition) is 1. The first kappa shape index (κ1) is 19.2. The fourth-order valence-corrected chi connectivity index (χ4v) is 3.89. The second-order valence-corrected chi connectivity index (χ2v) is 7.68. The Kier molecular flexibility index (Phi) is 6.29. The van der Waals surface area contributed by atoms with Crippen LogP contribution in [-0.2, 0) is 4.79 Å². The number of thioether (sulfide) groups is 1. The van der Waals surface area contributed by atoms with Gasteiger partial charge in [0.15, 0.2) is 11.0 Å². The Hall–Kier alpha value is -2.60. The number of carbonyl (C=O) groups excluding carboxylic acids is 1. The predicted octanol–water partition coefficient (Wildman–Crippen LogP) is 5.04. The average molecular weight is 381 g/mol. The van der Waals surface area contributed by atoms with Crippen molar-refractivity contribution < 1.29 is 4.79 Å². The molecular formula is C21H24N4OS. The number of amides is 1. The van der Waals surface area contributed by atoms with E-state index < -0.39 is 0 Å². The average Bonchev–Trinajstić information content (AvgIpc) is 3.11. The van der Waals surface area contributed by atoms with Gasteiger partial charge in [-0.05, 0) is 32.4 Å². The van der Waals surface area contributed by atoms with Crippen LogP contribution < -0.4 is 5.32 Å². The lowest BCUT2D eigenvalue weighted by Gasteiger charge is -2.17. The Labute approximate surface area is 164 Å². The van der Waals surface area contributed by atoms with Gasteiger partial charge in [0.1, 0.15) is 0 Å². The monoisotopic (exact) mass is 380 g/mol. The second-order valence-electron chi connectivity index (χ2n) is 6.51. The van der Waals surface area contributed by atoms with Crippen LogP contribution in [0.4, 0.5) is 5.69 Å². The highest BCUT2D eigenvalue weighted by molar-refractivity contribution is 8.00. The summed E-state index contributed by atoms with van der Waals surface area (Å²) in [5.41, 5.74) is 1.82. The van der Waals surface area contributed by atoms with E-state index in [-0.39, 0.29) is 17.2 Å². The Morgan fingerprint density at radius 1 is 1.04 bits per heavy atom. The molecule has 27 heavy (non-hydrogen) atoms. The van der Waals surface area contributed by atoms with Crippen molar-refractivity contribution in [3.8, 4) is 11.4 Å². The van der Waals surface area contributed by atoms with Gasteiger partial charge < -0.3 is 5.32 Å². The smallest absolute Gasteiger partial charge is 0.237 e. The van der Waals surface area contributed by atoms with E-state index in [1.807, 2.05) is 67.6 Å². The summed E-state index contributed by atoms with van der Waals surface area (Å²) in [6.45, 7) is 6.21. The molecule has 6 heteroatoms. The molecular weight excluding hydrogens is 356 g/mol. The molecule has 0 saturated carbocycles. The number of nitrogens with zero attached hydrogens (tertiary/aromatic N) is 3. The third kappa shape index (κ3) is 4.57. The van der Waals surface area contributed by atoms with E-state index in [1.165, 1.54) is 11.8 Å². The zero-order valence-corrected chi connectivity index (χ0v) is 16.6. The summed E-state index contributed by atoms with van der Waals surface area (Å²) in [7, 11) is 0. The Balaban J connectivity index is 1.83. The molecule has 3 rings (SSSR count). The molecule has 1 N–H and O–H groups in total. The summed E-state index contributed by atoms with van der Waals surface area (Å²) in [4.78, 5) is 12.7. The molecule has 2 aromatic carbocycles. The van der Waals surface area contributed by atoms with Crippen LogP contribution in [0.5, 0.6) is 0 Å². The van der Waals surface area contributed by atoms with E-state index in [1.54, 1.807) is 0 Å². The SMILES string of the molecule is CC[C@H](Sc1nnc(-c2ccccc2)n1C(C)C)C(=O)Nc1ccccc1. The fourth-order valence-electron chi connectivity index (χ4n) is 2.80. The van der Waals surface area contributed by atoms with Crippen molar-refractivity contribution in [2.24, 2.45) is 0 Å². The number of anilines is 1. The Morgan fingerprint density at radius 2 is 1.67 bits per heavy atom. The molecule has 1 amide bonds. The summed E-state index contributed by atoms with van der Waals surface area (Å²) in [5.74, 6) is 0.805. The van der Waals surface area contributed by atoms with Crippen molar-refractivity contribution in [1.82, 2.24) is 14.8 Å². The normalized spacial score (nSPS) is 12.1. The van der Waals surface area contributed by atoms with Crippen LogP contribution in [0.15, 0.2) is 65.8 Å². The van der Waals surface area contributed by atoms with E-state index >= 15 is 0 Å². The number of aromatic nitrogens is 3. The molecule has 0 spiro atoms. The standard InChI is InChI=1S/C21H24N4OS/c1-4-18(20(26)22-17-13-9-6-10-14-17)27-21-24-23-19(25(21)15(2)3)16-11-7-5-8-12-16/h5-15,18H,4H2,1-3H3,(H,22,26)/t18-/m0/s1. The molecule has 3 aromatic rings. The largest absolute Gasteiger partial charge is 0.325 e. The van der Waals surface area contributed by atoms with Crippen LogP contribution in [-0.4, -0.2) is 25.9 Å². The number of benzene rings is 2. The maximum atomic E-state index is 12.7. The first-order chi connectivity index (χ1) is 13.1. The van der Waals surface area contributed by atoms with Gasteiger partial charge in [0, 0.05) is 17.3 Å². The van der Waals surface area contributed by atoms with Gasteiger partial charge >= 0.3 is 0 Å². The zero-order chi connectivity index (χ0) is 19.2. The topological polar surface area (TPSA) is 59.8 Å². The van der Waals surface area contributed by atoms with Crippen LogP contribution in [0.1, 0.15) is 33.2 Å². The van der Waals surface area contributed by atoms with Gasteiger partial charge in [-0.2, -0.15) is 0 Å². The Bertz CT molecular complexity index is 878. The van der Waals surface area contributed by atoms with Crippen molar-refractivity contribution >= 4 is 23.4 Å². The summed E-state index contributed by atoms with van der Waals surface area (Å²) in [5, 5.41) is 12.3. The maximum Gasteiger partial charge on any atom is 0.237 e. The van der Waals surface area contributed by atoms with E-state index in [0.29, 0.717) is 6.42 Å². The molecule has 5 nitrogen and oxygen atoms in total. The third-order valence-corrected chi connectivity index (χ3v) is 5.49. The summed E-state index contributed by atoms with van der Waals surface area (Å²) in [6.07, 6.45) is 0.703. The van der Waals surface area contributed by atoms with Gasteiger partial charge in [-0.25, -0.2) is 0 Å². The minimum Gasteiger partial charge on any atom is -0.325 e. The molecule has 1 heterocycles. The highest BCUT2D eigenvalue weighted by Gasteiger charge is 2.24. The molecule has 0 unspecified atom stereocenters. The second kappa shape index (κ2) is 8.86. The quantitative estimate of drug-likeness (QED) is 0.584. The number of carbonyl (C=O) groups is 1. The van der Waals surface area contributed by atoms with Crippen molar-refractivity contribution in [2.75, 3.05) is 5.32 Å². The van der Waals surface area contributed by atoms with E-state index in [2.05, 4.69) is 33.9 Å². The zero-order valence-electron chi connectivity index (χ0n) is 15.8. The van der Waals surface area contributed by atoms with E-state index in [0.717, 1.165) is 22.2 Å². The summed E-state index contributed by atoms with van der Waals surface area (Å²) >= 11 is 1.46. The lowest BCUT2D eigenvalue weighted by Crippen LogP contribution is -2.25. The minimum atomic E-state index is -0.240. The first-order valence-electron chi connectivity index (χ1n) is 9.13. The molecule has 0 radical (unpaired) electrons. The number of rotatable bonds is 7. The predicted molar refractivity (Wildman–Crippen MR) is 111 cm³/mol. The summed E-state index contributed by atoms with van der Waals surface area (Å²) in [6, 6.07) is 19.7. The van der Waals surface area contributed by atoms with Gasteiger partial charge in [-0.1, -0.05) is 67.2 Å². The number of nitrogens with one attached hydrogen (secondary N) is 1. The molecule has 1 aromatic heterocycles. The fraction of sp³-hybridized carbons (Fsp3) is 0.286. The summed E-state index contributed by atoms with van der Waals surface area (Å²) < 4.78 is 2.10. The maximum absolute atomic E-state index is 12.7. The molecule has 140 valence electrons. The molecule has 0 saturated heterocycles. The first-order valence-corrected chi connectivity index (χ1v) is 10.0. The van der Waals surface area contributed by atoms with E-state index in [4.69, 9.17) is 0 Å². The van der Waals surface area contributed by atoms with Gasteiger partial charge in [0.05, 0.1) is 5.25 Å². The van der Waals surface area contributed by atoms with Crippen molar-refractivity contribution in [3.63, 3.8) is 0 Å². The molecule has 0 aliphatic carbocycles. The van der Waals surface area contributed by atoms with E-state index in [9.17, 15) is 4.79 Å². The van der Waals surface area contributed by atoms with Crippen molar-refractivity contribution in [2.45, 2.75) is 43.6 Å². The van der Waals surface area contributed by atoms with Crippen LogP contribution in [0.2, 0.25) is 0 Å². The highest BCUT2D eigenvalue weighted by Crippen LogP contribution is 2.31. The van der Waals surface area contributed by atoms with Gasteiger partial charge in [0.25, 0.3) is 0 Å². The Morgan fingerprint density at radius 3 is 2.26 bits per heavy atom. The highest BCUT2D eigenvalue weighted by atomic mass is 32.2.